The number of nitrogens with one attached hydrogen (secondary N) is 1. The number of fused-ring (bicyclic) bond motifs is 1. The van der Waals surface area contributed by atoms with Crippen LogP contribution in [0.25, 0.3) is 16.7 Å². The summed E-state index contributed by atoms with van der Waals surface area (Å²) in [6.07, 6.45) is 0. The minimum Gasteiger partial charge on any atom is -0.330 e. The topological polar surface area (TPSA) is 20.7 Å². The van der Waals surface area contributed by atoms with Gasteiger partial charge in [0.15, 0.2) is 4.77 Å². The fourth-order valence-corrected chi connectivity index (χ4v) is 2.82. The van der Waals surface area contributed by atoms with E-state index in [-0.39, 0.29) is 20.0 Å². The molecular weight excluding hydrogens is 389 g/mol. The zero-order chi connectivity index (χ0) is 15.3. The second-order valence-electron chi connectivity index (χ2n) is 4.27. The van der Waals surface area contributed by atoms with Crippen molar-refractivity contribution in [3.05, 3.63) is 56.0 Å². The van der Waals surface area contributed by atoms with E-state index in [0.717, 1.165) is 6.07 Å². The highest BCUT2D eigenvalue weighted by molar-refractivity contribution is 9.10. The number of benzene rings is 2. The summed E-state index contributed by atoms with van der Waals surface area (Å²) in [7, 11) is 0. The number of imidazole rings is 1. The molecule has 2 aromatic carbocycles. The highest BCUT2D eigenvalue weighted by atomic mass is 79.9. The largest absolute Gasteiger partial charge is 0.330 e. The number of nitrogens with zero attached hydrogens (tertiary/aromatic N) is 1. The molecule has 1 aromatic heterocycles. The van der Waals surface area contributed by atoms with Crippen LogP contribution in [0.1, 0.15) is 0 Å². The monoisotopic (exact) mass is 392 g/mol. The molecule has 2 nitrogen and oxygen atoms in total. The van der Waals surface area contributed by atoms with Gasteiger partial charge in [-0.3, -0.25) is 4.57 Å². The lowest BCUT2D eigenvalue weighted by atomic mass is 10.2. The van der Waals surface area contributed by atoms with Gasteiger partial charge in [0.25, 0.3) is 0 Å². The van der Waals surface area contributed by atoms with E-state index in [1.807, 2.05) is 0 Å². The Morgan fingerprint density at radius 2 is 1.76 bits per heavy atom. The summed E-state index contributed by atoms with van der Waals surface area (Å²) in [5.74, 6) is -2.15. The van der Waals surface area contributed by atoms with Crippen LogP contribution in [0.2, 0.25) is 5.02 Å². The van der Waals surface area contributed by atoms with Crippen LogP contribution in [0.15, 0.2) is 28.7 Å². The second-order valence-corrected chi connectivity index (χ2v) is 5.91. The van der Waals surface area contributed by atoms with Crippen LogP contribution in [0.4, 0.5) is 13.2 Å². The minimum atomic E-state index is -0.798. The van der Waals surface area contributed by atoms with Gasteiger partial charge < -0.3 is 4.98 Å². The van der Waals surface area contributed by atoms with Crippen molar-refractivity contribution < 1.29 is 13.2 Å². The first-order chi connectivity index (χ1) is 9.88. The van der Waals surface area contributed by atoms with Crippen molar-refractivity contribution in [3.63, 3.8) is 0 Å². The second kappa shape index (κ2) is 5.15. The predicted octanol–water partition coefficient (Wildman–Crippen LogP) is 5.52. The Labute approximate surface area is 135 Å². The lowest BCUT2D eigenvalue weighted by Gasteiger charge is -2.08. The molecule has 0 saturated heterocycles. The summed E-state index contributed by atoms with van der Waals surface area (Å²) in [5.41, 5.74) is 0.785. The highest BCUT2D eigenvalue weighted by Gasteiger charge is 2.15. The standard InChI is InChI=1S/C13H5BrClF3N2S/c14-5-1-11(9(18)3-7(5)16)20-12-2-6(15)8(17)4-10(12)19-13(20)21/h1-4H,(H,19,21). The molecule has 3 aromatic rings. The van der Waals surface area contributed by atoms with E-state index >= 15 is 0 Å². The van der Waals surface area contributed by atoms with Gasteiger partial charge in [0.1, 0.15) is 17.5 Å². The molecule has 0 spiro atoms. The Balaban J connectivity index is 2.40. The molecule has 0 bridgehead atoms. The zero-order valence-corrected chi connectivity index (χ0v) is 13.2. The summed E-state index contributed by atoms with van der Waals surface area (Å²) in [6.45, 7) is 0. The molecule has 21 heavy (non-hydrogen) atoms. The third-order valence-corrected chi connectivity index (χ3v) is 4.14. The number of aromatic nitrogens is 2. The predicted molar refractivity (Wildman–Crippen MR) is 81.0 cm³/mol. The van der Waals surface area contributed by atoms with Crippen molar-refractivity contribution in [1.82, 2.24) is 9.55 Å². The third-order valence-electron chi connectivity index (χ3n) is 2.95. The summed E-state index contributed by atoms with van der Waals surface area (Å²) >= 11 is 13.9. The van der Waals surface area contributed by atoms with Crippen LogP contribution >= 0.6 is 39.7 Å². The lowest BCUT2D eigenvalue weighted by Crippen LogP contribution is -1.99. The molecule has 0 atom stereocenters. The number of halogens is 5. The molecule has 0 aliphatic carbocycles. The van der Waals surface area contributed by atoms with Crippen LogP contribution in [0, 0.1) is 22.2 Å². The van der Waals surface area contributed by atoms with Crippen molar-refractivity contribution in [2.24, 2.45) is 0 Å². The first-order valence-electron chi connectivity index (χ1n) is 5.63. The maximum Gasteiger partial charge on any atom is 0.182 e. The van der Waals surface area contributed by atoms with Crippen LogP contribution in [0.3, 0.4) is 0 Å². The van der Waals surface area contributed by atoms with E-state index in [1.54, 1.807) is 0 Å². The molecule has 0 radical (unpaired) electrons. The van der Waals surface area contributed by atoms with Crippen molar-refractivity contribution in [2.75, 3.05) is 0 Å². The smallest absolute Gasteiger partial charge is 0.182 e. The maximum absolute atomic E-state index is 14.0. The Morgan fingerprint density at radius 1 is 1.05 bits per heavy atom. The first-order valence-corrected chi connectivity index (χ1v) is 7.21. The average molecular weight is 394 g/mol. The van der Waals surface area contributed by atoms with Gasteiger partial charge in [0.05, 0.1) is 26.2 Å². The van der Waals surface area contributed by atoms with Crippen molar-refractivity contribution in [1.29, 1.82) is 0 Å². The van der Waals surface area contributed by atoms with E-state index in [4.69, 9.17) is 23.8 Å². The number of aromatic amines is 1. The van der Waals surface area contributed by atoms with Crippen LogP contribution in [-0.4, -0.2) is 9.55 Å². The van der Waals surface area contributed by atoms with Crippen molar-refractivity contribution in [3.8, 4) is 5.69 Å². The number of rotatable bonds is 1. The fourth-order valence-electron chi connectivity index (χ4n) is 2.02. The van der Waals surface area contributed by atoms with Gasteiger partial charge in [-0.25, -0.2) is 13.2 Å². The Morgan fingerprint density at radius 3 is 2.48 bits per heavy atom. The Kier molecular flexibility index (Phi) is 3.59. The summed E-state index contributed by atoms with van der Waals surface area (Å²) in [5, 5.41) is -0.119. The molecule has 1 heterocycles. The molecule has 3 rings (SSSR count). The maximum atomic E-state index is 14.0. The van der Waals surface area contributed by atoms with Crippen molar-refractivity contribution >= 4 is 50.8 Å². The summed E-state index contributed by atoms with van der Waals surface area (Å²) in [6, 6.07) is 4.49. The van der Waals surface area contributed by atoms with E-state index in [2.05, 4.69) is 20.9 Å². The quantitative estimate of drug-likeness (QED) is 0.426. The van der Waals surface area contributed by atoms with Crippen molar-refractivity contribution in [2.45, 2.75) is 0 Å². The van der Waals surface area contributed by atoms with Crippen LogP contribution in [0.5, 0.6) is 0 Å². The third kappa shape index (κ3) is 2.39. The molecule has 1 N–H and O–H groups in total. The van der Waals surface area contributed by atoms with Gasteiger partial charge in [-0.2, -0.15) is 0 Å². The van der Waals surface area contributed by atoms with E-state index in [1.165, 1.54) is 22.8 Å². The van der Waals surface area contributed by atoms with Crippen LogP contribution < -0.4 is 0 Å². The summed E-state index contributed by atoms with van der Waals surface area (Å²) in [4.78, 5) is 2.76. The molecule has 0 aliphatic rings. The number of hydrogen-bond donors (Lipinski definition) is 1. The SMILES string of the molecule is Fc1cc2[nH]c(=S)n(-c3cc(Br)c(F)cc3F)c2cc1Cl. The Hall–Kier alpha value is -1.31. The number of hydrogen-bond acceptors (Lipinski definition) is 1. The molecule has 0 unspecified atom stereocenters. The van der Waals surface area contributed by atoms with Gasteiger partial charge in [-0.15, -0.1) is 0 Å². The molecule has 0 saturated carbocycles. The fraction of sp³-hybridized carbons (Fsp3) is 0. The van der Waals surface area contributed by atoms with E-state index in [9.17, 15) is 13.2 Å². The lowest BCUT2D eigenvalue weighted by molar-refractivity contribution is 0.574. The van der Waals surface area contributed by atoms with Gasteiger partial charge >= 0.3 is 0 Å². The normalized spacial score (nSPS) is 11.3. The summed E-state index contributed by atoms with van der Waals surface area (Å²) < 4.78 is 42.4. The first kappa shape index (κ1) is 14.6. The molecule has 108 valence electrons. The highest BCUT2D eigenvalue weighted by Crippen LogP contribution is 2.29. The number of H-pyrrole nitrogens is 1. The van der Waals surface area contributed by atoms with E-state index in [0.29, 0.717) is 11.0 Å². The van der Waals surface area contributed by atoms with Gasteiger partial charge in [0.2, 0.25) is 0 Å². The Bertz CT molecular complexity index is 935. The molecular formula is C13H5BrClF3N2S. The zero-order valence-electron chi connectivity index (χ0n) is 10.1. The molecule has 0 aliphatic heterocycles. The molecule has 0 amide bonds. The van der Waals surface area contributed by atoms with Gasteiger partial charge in [-0.1, -0.05) is 11.6 Å². The van der Waals surface area contributed by atoms with E-state index < -0.39 is 17.5 Å². The van der Waals surface area contributed by atoms with Gasteiger partial charge in [0, 0.05) is 12.1 Å². The van der Waals surface area contributed by atoms with Gasteiger partial charge in [-0.05, 0) is 40.3 Å². The minimum absolute atomic E-state index is 0.0298. The molecule has 0 fully saturated rings. The molecule has 8 heteroatoms. The van der Waals surface area contributed by atoms with Crippen LogP contribution in [-0.2, 0) is 0 Å². The average Bonchev–Trinajstić information content (AvgIpc) is 2.70.